The van der Waals surface area contributed by atoms with Gasteiger partial charge in [0.1, 0.15) is 11.4 Å². The molecule has 2 aliphatic rings. The fourth-order valence-corrected chi connectivity index (χ4v) is 5.63. The van der Waals surface area contributed by atoms with Crippen molar-refractivity contribution in [1.82, 2.24) is 15.1 Å². The molecule has 4 rings (SSSR count). The van der Waals surface area contributed by atoms with Crippen molar-refractivity contribution in [3.63, 3.8) is 0 Å². The second-order valence-corrected chi connectivity index (χ2v) is 10.8. The molecule has 0 aromatic heterocycles. The Kier molecular flexibility index (Phi) is 11.3. The molecular weight excluding hydrogens is 520 g/mol. The van der Waals surface area contributed by atoms with Crippen LogP contribution in [0, 0.1) is 12.7 Å². The molecular formula is C34H45F2N3O2. The lowest BCUT2D eigenvalue weighted by Gasteiger charge is -2.46. The van der Waals surface area contributed by atoms with Crippen molar-refractivity contribution in [3.05, 3.63) is 107 Å². The molecule has 0 radical (unpaired) electrons. The summed E-state index contributed by atoms with van der Waals surface area (Å²) >= 11 is 0. The van der Waals surface area contributed by atoms with E-state index in [1.807, 2.05) is 59.0 Å². The Labute approximate surface area is 244 Å². The van der Waals surface area contributed by atoms with E-state index in [4.69, 9.17) is 4.74 Å². The lowest BCUT2D eigenvalue weighted by Crippen LogP contribution is -2.50. The first-order valence-corrected chi connectivity index (χ1v) is 14.5. The van der Waals surface area contributed by atoms with Crippen LogP contribution in [0.4, 0.5) is 8.78 Å². The smallest absolute Gasteiger partial charge is 0.230 e. The number of piperidine rings is 1. The third kappa shape index (κ3) is 8.29. The van der Waals surface area contributed by atoms with Crippen molar-refractivity contribution < 1.29 is 18.3 Å². The zero-order valence-electron chi connectivity index (χ0n) is 25.4. The van der Waals surface area contributed by atoms with Gasteiger partial charge in [-0.15, -0.1) is 0 Å². The Morgan fingerprint density at radius 3 is 2.32 bits per heavy atom. The normalized spacial score (nSPS) is 17.8. The van der Waals surface area contributed by atoms with Gasteiger partial charge in [-0.2, -0.15) is 0 Å². The molecule has 5 nitrogen and oxygen atoms in total. The van der Waals surface area contributed by atoms with Gasteiger partial charge in [0.05, 0.1) is 11.7 Å². The fourth-order valence-electron chi connectivity index (χ4n) is 5.63. The number of rotatable bonds is 8. The number of likely N-dealkylation sites (N-methyl/N-ethyl adjacent to an activating group) is 1. The number of allylic oxidation sites excluding steroid dienone is 2. The summed E-state index contributed by atoms with van der Waals surface area (Å²) < 4.78 is 33.8. The largest absolute Gasteiger partial charge is 0.468 e. The number of carbonyl (C=O) groups excluding carboxylic acids is 1. The maximum Gasteiger partial charge on any atom is 0.230 e. The second-order valence-electron chi connectivity index (χ2n) is 10.8. The van der Waals surface area contributed by atoms with Crippen molar-refractivity contribution in [2.24, 2.45) is 0 Å². The van der Waals surface area contributed by atoms with Crippen LogP contribution in [0.2, 0.25) is 0 Å². The first kappa shape index (κ1) is 32.1. The number of aryl methyl sites for hydroxylation is 1. The van der Waals surface area contributed by atoms with Crippen LogP contribution < -0.4 is 5.32 Å². The average molecular weight is 566 g/mol. The van der Waals surface area contributed by atoms with Crippen molar-refractivity contribution in [3.8, 4) is 0 Å². The van der Waals surface area contributed by atoms with Gasteiger partial charge >= 0.3 is 0 Å². The zero-order chi connectivity index (χ0) is 30.2. The SMILES string of the molecule is C=C1NC(C)=C(/C=C(\C)F)C2(CCN(CCC(C(=O)N(C)Cc3ccc(C)cc3)c3ccc(F)cc3)CC2)O1.CC. The van der Waals surface area contributed by atoms with E-state index in [2.05, 4.69) is 16.8 Å². The van der Waals surface area contributed by atoms with Crippen LogP contribution in [0.3, 0.4) is 0 Å². The number of benzene rings is 2. The van der Waals surface area contributed by atoms with Crippen LogP contribution in [-0.4, -0.2) is 48.0 Å². The summed E-state index contributed by atoms with van der Waals surface area (Å²) in [6, 6.07) is 14.4. The Morgan fingerprint density at radius 2 is 1.73 bits per heavy atom. The van der Waals surface area contributed by atoms with Crippen LogP contribution in [0.15, 0.2) is 84.2 Å². The number of hydrogen-bond donors (Lipinski definition) is 1. The van der Waals surface area contributed by atoms with Gasteiger partial charge in [0.2, 0.25) is 5.91 Å². The van der Waals surface area contributed by atoms with Crippen molar-refractivity contribution in [2.45, 2.75) is 71.9 Å². The second kappa shape index (κ2) is 14.4. The Morgan fingerprint density at radius 1 is 1.12 bits per heavy atom. The van der Waals surface area contributed by atoms with Gasteiger partial charge in [0, 0.05) is 50.8 Å². The molecule has 41 heavy (non-hydrogen) atoms. The maximum absolute atomic E-state index is 13.9. The Balaban J connectivity index is 0.00000226. The molecule has 1 fully saturated rings. The fraction of sp³-hybridized carbons (Fsp3) is 0.441. The van der Waals surface area contributed by atoms with Gasteiger partial charge < -0.3 is 19.9 Å². The minimum absolute atomic E-state index is 0.0121. The van der Waals surface area contributed by atoms with Crippen molar-refractivity contribution in [2.75, 3.05) is 26.7 Å². The molecule has 2 aromatic carbocycles. The predicted molar refractivity (Wildman–Crippen MR) is 162 cm³/mol. The van der Waals surface area contributed by atoms with Gasteiger partial charge in [-0.05, 0) is 69.7 Å². The maximum atomic E-state index is 13.9. The van der Waals surface area contributed by atoms with Gasteiger partial charge in [-0.3, -0.25) is 4.79 Å². The highest BCUT2D eigenvalue weighted by Gasteiger charge is 2.43. The number of nitrogens with zero attached hydrogens (tertiary/aromatic N) is 2. The molecule has 222 valence electrons. The van der Waals surface area contributed by atoms with Crippen LogP contribution in [-0.2, 0) is 16.1 Å². The molecule has 2 aromatic rings. The number of halogens is 2. The summed E-state index contributed by atoms with van der Waals surface area (Å²) in [5, 5.41) is 3.09. The van der Waals surface area contributed by atoms with Gasteiger partial charge in [0.25, 0.3) is 0 Å². The minimum Gasteiger partial charge on any atom is -0.468 e. The zero-order valence-corrected chi connectivity index (χ0v) is 25.4. The molecule has 1 atom stereocenters. The van der Waals surface area contributed by atoms with E-state index in [0.717, 1.165) is 35.5 Å². The number of amides is 1. The molecule has 1 spiro atoms. The highest BCUT2D eigenvalue weighted by atomic mass is 19.1. The van der Waals surface area contributed by atoms with E-state index in [1.165, 1.54) is 24.6 Å². The molecule has 1 N–H and O–H groups in total. The molecule has 2 heterocycles. The van der Waals surface area contributed by atoms with Crippen LogP contribution >= 0.6 is 0 Å². The van der Waals surface area contributed by atoms with Crippen LogP contribution in [0.5, 0.6) is 0 Å². The van der Waals surface area contributed by atoms with E-state index in [1.54, 1.807) is 23.1 Å². The molecule has 2 aliphatic heterocycles. The summed E-state index contributed by atoms with van der Waals surface area (Å²) in [4.78, 5) is 17.7. The van der Waals surface area contributed by atoms with Gasteiger partial charge in [-0.25, -0.2) is 8.78 Å². The summed E-state index contributed by atoms with van der Waals surface area (Å²) in [5.74, 6) is -0.480. The topological polar surface area (TPSA) is 44.8 Å². The molecule has 0 aliphatic carbocycles. The average Bonchev–Trinajstić information content (AvgIpc) is 2.95. The Hall–Kier alpha value is -3.45. The molecule has 0 bridgehead atoms. The number of nitrogens with one attached hydrogen (secondary N) is 1. The van der Waals surface area contributed by atoms with E-state index < -0.39 is 5.60 Å². The summed E-state index contributed by atoms with van der Waals surface area (Å²) in [7, 11) is 1.82. The molecule has 7 heteroatoms. The highest BCUT2D eigenvalue weighted by Crippen LogP contribution is 2.40. The highest BCUT2D eigenvalue weighted by molar-refractivity contribution is 5.83. The van der Waals surface area contributed by atoms with Gasteiger partial charge in [0.15, 0.2) is 5.88 Å². The lowest BCUT2D eigenvalue weighted by atomic mass is 9.81. The third-order valence-corrected chi connectivity index (χ3v) is 7.77. The molecule has 1 amide bonds. The quantitative estimate of drug-likeness (QED) is 0.363. The first-order chi connectivity index (χ1) is 19.6. The predicted octanol–water partition coefficient (Wildman–Crippen LogP) is 7.37. The van der Waals surface area contributed by atoms with Crippen molar-refractivity contribution in [1.29, 1.82) is 0 Å². The monoisotopic (exact) mass is 565 g/mol. The summed E-state index contributed by atoms with van der Waals surface area (Å²) in [6.45, 7) is 16.0. The third-order valence-electron chi connectivity index (χ3n) is 7.77. The first-order valence-electron chi connectivity index (χ1n) is 14.5. The Bertz CT molecular complexity index is 1240. The van der Waals surface area contributed by atoms with E-state index in [-0.39, 0.29) is 23.5 Å². The van der Waals surface area contributed by atoms with E-state index in [9.17, 15) is 13.6 Å². The van der Waals surface area contributed by atoms with Crippen molar-refractivity contribution >= 4 is 5.91 Å². The van der Waals surface area contributed by atoms with E-state index in [0.29, 0.717) is 38.2 Å². The number of ether oxygens (including phenoxy) is 1. The number of carbonyl (C=O) groups is 1. The summed E-state index contributed by atoms with van der Waals surface area (Å²) in [6.07, 6.45) is 3.53. The summed E-state index contributed by atoms with van der Waals surface area (Å²) in [5.41, 5.74) is 4.12. The number of likely N-dealkylation sites (tertiary alicyclic amines) is 1. The van der Waals surface area contributed by atoms with Crippen LogP contribution in [0.1, 0.15) is 69.6 Å². The van der Waals surface area contributed by atoms with E-state index >= 15 is 0 Å². The minimum atomic E-state index is -0.614. The molecule has 1 saturated heterocycles. The lowest BCUT2D eigenvalue weighted by molar-refractivity contribution is -0.132. The molecule has 0 saturated carbocycles. The van der Waals surface area contributed by atoms with Gasteiger partial charge in [-0.1, -0.05) is 55.8 Å². The standard InChI is InChI=1S/C32H39F2N3O2.C2H6/c1-22-6-8-26(9-7-22)21-36(5)31(38)29(27-10-12-28(34)13-11-27)14-17-37-18-15-32(16-19-37)30(20-23(2)33)24(3)35-25(4)39-32;1-2/h6-13,20,29,35H,4,14-19,21H2,1-3,5H3;1-2H3/b23-20+;. The molecule has 1 unspecified atom stereocenters. The van der Waals surface area contributed by atoms with Crippen LogP contribution in [0.25, 0.3) is 0 Å². The number of hydrogen-bond acceptors (Lipinski definition) is 4.